The maximum absolute atomic E-state index is 5.69. The normalized spacial score (nSPS) is 11.0. The van der Waals surface area contributed by atoms with Crippen molar-refractivity contribution in [2.75, 3.05) is 33.9 Å². The van der Waals surface area contributed by atoms with Crippen LogP contribution in [0.3, 0.4) is 0 Å². The van der Waals surface area contributed by atoms with E-state index in [1.807, 2.05) is 0 Å². The Kier molecular flexibility index (Phi) is 7.14. The molecule has 0 amide bonds. The van der Waals surface area contributed by atoms with Crippen LogP contribution in [0.1, 0.15) is 23.1 Å². The van der Waals surface area contributed by atoms with Gasteiger partial charge in [-0.15, -0.1) is 0 Å². The zero-order valence-corrected chi connectivity index (χ0v) is 13.8. The van der Waals surface area contributed by atoms with Crippen molar-refractivity contribution in [3.63, 3.8) is 0 Å². The van der Waals surface area contributed by atoms with Gasteiger partial charge in [0.2, 0.25) is 0 Å². The smallest absolute Gasteiger partial charge is 0.0506 e. The quantitative estimate of drug-likeness (QED) is 0.653. The lowest BCUT2D eigenvalue weighted by molar-refractivity contribution is 0.128. The Morgan fingerprint density at radius 1 is 0.773 bits per heavy atom. The molecule has 0 heterocycles. The molecule has 22 heavy (non-hydrogen) atoms. The molecule has 0 unspecified atom stereocenters. The van der Waals surface area contributed by atoms with Crippen LogP contribution >= 0.6 is 0 Å². The molecule has 2 nitrogen and oxygen atoms in total. The highest BCUT2D eigenvalue weighted by Crippen LogP contribution is 2.11. The lowest BCUT2D eigenvalue weighted by atomic mass is 10.0. The second-order valence-corrected chi connectivity index (χ2v) is 6.00. The Bertz CT molecular complexity index is 519. The average Bonchev–Trinajstić information content (AvgIpc) is 2.53. The van der Waals surface area contributed by atoms with Crippen LogP contribution in [-0.2, 0) is 17.6 Å². The molecule has 0 saturated carbocycles. The van der Waals surface area contributed by atoms with Gasteiger partial charge in [-0.1, -0.05) is 54.6 Å². The molecule has 0 N–H and O–H groups in total. The minimum atomic E-state index is 0.811. The first-order valence-corrected chi connectivity index (χ1v) is 8.08. The van der Waals surface area contributed by atoms with E-state index in [1.54, 1.807) is 0 Å². The summed E-state index contributed by atoms with van der Waals surface area (Å²) in [5.74, 6) is 0. The number of hydrogen-bond donors (Lipinski definition) is 0. The van der Waals surface area contributed by atoms with Crippen molar-refractivity contribution in [1.82, 2.24) is 4.90 Å². The van der Waals surface area contributed by atoms with Gasteiger partial charge >= 0.3 is 0 Å². The molecule has 0 aliphatic heterocycles. The highest BCUT2D eigenvalue weighted by molar-refractivity contribution is 5.28. The van der Waals surface area contributed by atoms with Gasteiger partial charge in [0.15, 0.2) is 0 Å². The second kappa shape index (κ2) is 9.39. The highest BCUT2D eigenvalue weighted by Gasteiger charge is 1.98. The van der Waals surface area contributed by atoms with Crippen molar-refractivity contribution < 1.29 is 4.74 Å². The maximum Gasteiger partial charge on any atom is 0.0506 e. The van der Waals surface area contributed by atoms with Crippen LogP contribution < -0.4 is 0 Å². The molecule has 0 radical (unpaired) electrons. The fraction of sp³-hybridized carbons (Fsp3) is 0.400. The van der Waals surface area contributed by atoms with Gasteiger partial charge in [-0.25, -0.2) is 0 Å². The van der Waals surface area contributed by atoms with E-state index >= 15 is 0 Å². The standard InChI is InChI=1S/C20H27NO/c1-21(2)14-6-15-22-16-13-18-9-11-20(12-10-18)17-19-7-4-3-5-8-19/h3-5,7-12H,6,13-17H2,1-2H3. The van der Waals surface area contributed by atoms with Gasteiger partial charge in [0.1, 0.15) is 0 Å². The van der Waals surface area contributed by atoms with E-state index in [9.17, 15) is 0 Å². The molecule has 0 spiro atoms. The fourth-order valence-electron chi connectivity index (χ4n) is 2.43. The lowest BCUT2D eigenvalue weighted by Gasteiger charge is -2.09. The zero-order chi connectivity index (χ0) is 15.6. The van der Waals surface area contributed by atoms with Crippen molar-refractivity contribution in [2.24, 2.45) is 0 Å². The first kappa shape index (κ1) is 16.7. The molecule has 0 atom stereocenters. The molecule has 2 heteroatoms. The molecule has 2 aromatic rings. The van der Waals surface area contributed by atoms with E-state index in [-0.39, 0.29) is 0 Å². The summed E-state index contributed by atoms with van der Waals surface area (Å²) in [5.41, 5.74) is 4.07. The van der Waals surface area contributed by atoms with Crippen molar-refractivity contribution >= 4 is 0 Å². The van der Waals surface area contributed by atoms with Gasteiger partial charge in [0.05, 0.1) is 6.61 Å². The van der Waals surface area contributed by atoms with E-state index in [0.29, 0.717) is 0 Å². The van der Waals surface area contributed by atoms with Gasteiger partial charge in [-0.05, 0) is 56.6 Å². The van der Waals surface area contributed by atoms with Gasteiger partial charge in [0, 0.05) is 6.61 Å². The Balaban J connectivity index is 1.68. The average molecular weight is 297 g/mol. The minimum absolute atomic E-state index is 0.811. The zero-order valence-electron chi connectivity index (χ0n) is 13.8. The summed E-state index contributed by atoms with van der Waals surface area (Å²) in [6.07, 6.45) is 3.10. The molecular formula is C20H27NO. The lowest BCUT2D eigenvalue weighted by Crippen LogP contribution is -2.15. The monoisotopic (exact) mass is 297 g/mol. The molecule has 0 bridgehead atoms. The van der Waals surface area contributed by atoms with Crippen LogP contribution in [0.15, 0.2) is 54.6 Å². The summed E-state index contributed by atoms with van der Waals surface area (Å²) in [6, 6.07) is 19.5. The summed E-state index contributed by atoms with van der Waals surface area (Å²) in [6.45, 7) is 2.75. The Morgan fingerprint density at radius 3 is 2.09 bits per heavy atom. The van der Waals surface area contributed by atoms with Crippen molar-refractivity contribution in [1.29, 1.82) is 0 Å². The van der Waals surface area contributed by atoms with E-state index in [4.69, 9.17) is 4.74 Å². The third kappa shape index (κ3) is 6.42. The maximum atomic E-state index is 5.69. The molecular weight excluding hydrogens is 270 g/mol. The molecule has 2 rings (SSSR count). The number of nitrogens with zero attached hydrogens (tertiary/aromatic N) is 1. The molecule has 0 aliphatic carbocycles. The summed E-state index contributed by atoms with van der Waals surface area (Å²) >= 11 is 0. The van der Waals surface area contributed by atoms with Crippen LogP contribution in [-0.4, -0.2) is 38.8 Å². The number of rotatable bonds is 9. The van der Waals surface area contributed by atoms with E-state index < -0.39 is 0 Å². The van der Waals surface area contributed by atoms with Crippen molar-refractivity contribution in [2.45, 2.75) is 19.3 Å². The molecule has 0 fully saturated rings. The minimum Gasteiger partial charge on any atom is -0.381 e. The molecule has 118 valence electrons. The fourth-order valence-corrected chi connectivity index (χ4v) is 2.43. The van der Waals surface area contributed by atoms with Gasteiger partial charge in [-0.3, -0.25) is 0 Å². The number of ether oxygens (including phenoxy) is 1. The molecule has 0 aliphatic rings. The topological polar surface area (TPSA) is 12.5 Å². The van der Waals surface area contributed by atoms with Crippen LogP contribution in [0.2, 0.25) is 0 Å². The van der Waals surface area contributed by atoms with Crippen molar-refractivity contribution in [3.05, 3.63) is 71.3 Å². The second-order valence-electron chi connectivity index (χ2n) is 6.00. The number of benzene rings is 2. The Labute approximate surface area is 134 Å². The van der Waals surface area contributed by atoms with E-state index in [1.165, 1.54) is 16.7 Å². The third-order valence-corrected chi connectivity index (χ3v) is 3.70. The first-order chi connectivity index (χ1) is 10.7. The summed E-state index contributed by atoms with van der Waals surface area (Å²) in [7, 11) is 4.19. The Morgan fingerprint density at radius 2 is 1.41 bits per heavy atom. The third-order valence-electron chi connectivity index (χ3n) is 3.70. The highest BCUT2D eigenvalue weighted by atomic mass is 16.5. The molecule has 0 saturated heterocycles. The summed E-state index contributed by atoms with van der Waals surface area (Å²) < 4.78 is 5.69. The predicted molar refractivity (Wildman–Crippen MR) is 93.4 cm³/mol. The Hall–Kier alpha value is -1.64. The summed E-state index contributed by atoms with van der Waals surface area (Å²) in [4.78, 5) is 2.19. The van der Waals surface area contributed by atoms with E-state index in [2.05, 4.69) is 73.6 Å². The van der Waals surface area contributed by atoms with Crippen LogP contribution in [0.4, 0.5) is 0 Å². The largest absolute Gasteiger partial charge is 0.381 e. The van der Waals surface area contributed by atoms with Crippen LogP contribution in [0.25, 0.3) is 0 Å². The van der Waals surface area contributed by atoms with E-state index in [0.717, 1.165) is 39.0 Å². The van der Waals surface area contributed by atoms with Crippen LogP contribution in [0.5, 0.6) is 0 Å². The molecule has 2 aromatic carbocycles. The van der Waals surface area contributed by atoms with Gasteiger partial charge < -0.3 is 9.64 Å². The SMILES string of the molecule is CN(C)CCCOCCc1ccc(Cc2ccccc2)cc1. The van der Waals surface area contributed by atoms with Crippen molar-refractivity contribution in [3.8, 4) is 0 Å². The van der Waals surface area contributed by atoms with Gasteiger partial charge in [0.25, 0.3) is 0 Å². The predicted octanol–water partition coefficient (Wildman–Crippen LogP) is 3.79. The summed E-state index contributed by atoms with van der Waals surface area (Å²) in [5, 5.41) is 0. The molecule has 0 aromatic heterocycles. The number of hydrogen-bond acceptors (Lipinski definition) is 2. The van der Waals surface area contributed by atoms with Gasteiger partial charge in [-0.2, -0.15) is 0 Å². The van der Waals surface area contributed by atoms with Crippen LogP contribution in [0, 0.1) is 0 Å². The first-order valence-electron chi connectivity index (χ1n) is 8.08.